The van der Waals surface area contributed by atoms with Crippen LogP contribution in [0, 0.1) is 0 Å². The third-order valence-corrected chi connectivity index (χ3v) is 5.84. The second kappa shape index (κ2) is 9.62. The van der Waals surface area contributed by atoms with E-state index >= 15 is 0 Å². The summed E-state index contributed by atoms with van der Waals surface area (Å²) in [5, 5.41) is 0. The molecule has 3 aromatic rings. The summed E-state index contributed by atoms with van der Waals surface area (Å²) < 4.78 is 5.65. The highest BCUT2D eigenvalue weighted by Gasteiger charge is 2.39. The first-order chi connectivity index (χ1) is 15.2. The van der Waals surface area contributed by atoms with Gasteiger partial charge in [-0.2, -0.15) is 0 Å². The van der Waals surface area contributed by atoms with Gasteiger partial charge in [0.05, 0.1) is 29.3 Å². The predicted molar refractivity (Wildman–Crippen MR) is 121 cm³/mol. The number of amides is 2. The van der Waals surface area contributed by atoms with Crippen molar-refractivity contribution in [3.63, 3.8) is 0 Å². The molecule has 0 atom stereocenters. The van der Waals surface area contributed by atoms with Crippen LogP contribution in [0.2, 0.25) is 0 Å². The Morgan fingerprint density at radius 3 is 2.32 bits per heavy atom. The van der Waals surface area contributed by atoms with E-state index in [0.29, 0.717) is 28.3 Å². The van der Waals surface area contributed by atoms with E-state index in [0.717, 1.165) is 17.1 Å². The largest absolute Gasteiger partial charge is 0.494 e. The van der Waals surface area contributed by atoms with Crippen molar-refractivity contribution in [3.05, 3.63) is 95.2 Å². The van der Waals surface area contributed by atoms with E-state index < -0.39 is 0 Å². The number of hydrogen-bond acceptors (Lipinski definition) is 5. The summed E-state index contributed by atoms with van der Waals surface area (Å²) in [6, 6.07) is 22.4. The third kappa shape index (κ3) is 4.70. The van der Waals surface area contributed by atoms with Crippen LogP contribution in [0.25, 0.3) is 5.57 Å². The number of aromatic nitrogens is 1. The molecule has 2 amide bonds. The lowest BCUT2D eigenvalue weighted by Crippen LogP contribution is -2.31. The molecule has 2 heterocycles. The lowest BCUT2D eigenvalue weighted by atomic mass is 10.1. The Morgan fingerprint density at radius 2 is 1.65 bits per heavy atom. The number of hydrogen-bond donors (Lipinski definition) is 0. The van der Waals surface area contributed by atoms with Gasteiger partial charge < -0.3 is 4.74 Å². The van der Waals surface area contributed by atoms with Crippen molar-refractivity contribution in [3.8, 4) is 5.75 Å². The highest BCUT2D eigenvalue weighted by Crippen LogP contribution is 2.40. The molecule has 5 nitrogen and oxygen atoms in total. The van der Waals surface area contributed by atoms with E-state index in [1.807, 2.05) is 73.7 Å². The van der Waals surface area contributed by atoms with Crippen LogP contribution in [0.15, 0.2) is 88.8 Å². The van der Waals surface area contributed by atoms with Gasteiger partial charge in [-0.05, 0) is 48.4 Å². The topological polar surface area (TPSA) is 59.5 Å². The average Bonchev–Trinajstić information content (AvgIpc) is 3.04. The van der Waals surface area contributed by atoms with Crippen LogP contribution < -0.4 is 4.74 Å². The molecule has 4 rings (SSSR count). The molecule has 0 spiro atoms. The molecular weight excluding hydrogens is 408 g/mol. The van der Waals surface area contributed by atoms with E-state index in [1.165, 1.54) is 16.7 Å². The van der Waals surface area contributed by atoms with Crippen molar-refractivity contribution >= 4 is 29.1 Å². The molecule has 1 aliphatic heterocycles. The van der Waals surface area contributed by atoms with Gasteiger partial charge in [0, 0.05) is 11.1 Å². The van der Waals surface area contributed by atoms with Crippen molar-refractivity contribution in [2.24, 2.45) is 0 Å². The summed E-state index contributed by atoms with van der Waals surface area (Å²) in [5.74, 6) is 0.132. The molecule has 0 radical (unpaired) electrons. The van der Waals surface area contributed by atoms with Crippen LogP contribution in [0.3, 0.4) is 0 Å². The molecule has 2 aromatic carbocycles. The summed E-state index contributed by atoms with van der Waals surface area (Å²) >= 11 is 1.31. The van der Waals surface area contributed by atoms with Gasteiger partial charge in [0.2, 0.25) is 0 Å². The van der Waals surface area contributed by atoms with Crippen molar-refractivity contribution in [2.75, 3.05) is 6.61 Å². The summed E-state index contributed by atoms with van der Waals surface area (Å²) in [5.41, 5.74) is 1.78. The summed E-state index contributed by atoms with van der Waals surface area (Å²) in [7, 11) is 0. The Bertz CT molecular complexity index is 1100. The highest BCUT2D eigenvalue weighted by atomic mass is 32.2. The van der Waals surface area contributed by atoms with E-state index in [2.05, 4.69) is 4.98 Å². The van der Waals surface area contributed by atoms with Crippen LogP contribution in [-0.4, -0.2) is 28.3 Å². The van der Waals surface area contributed by atoms with Gasteiger partial charge in [0.25, 0.3) is 11.8 Å². The summed E-state index contributed by atoms with van der Waals surface area (Å²) in [6.07, 6.45) is 2.57. The van der Waals surface area contributed by atoms with Crippen molar-refractivity contribution in [2.45, 2.75) is 24.8 Å². The van der Waals surface area contributed by atoms with E-state index in [1.54, 1.807) is 12.3 Å². The molecule has 0 aliphatic carbocycles. The first-order valence-corrected chi connectivity index (χ1v) is 11.0. The SMILES string of the molecule is CCCOc1ccc(C2=C(Sc3ccccc3)C(=O)N(Cc3ccccn3)C2=O)cc1. The smallest absolute Gasteiger partial charge is 0.268 e. The average molecular weight is 431 g/mol. The number of carbonyl (C=O) groups is 2. The Balaban J connectivity index is 1.69. The van der Waals surface area contributed by atoms with Gasteiger partial charge in [-0.3, -0.25) is 19.5 Å². The minimum Gasteiger partial charge on any atom is -0.494 e. The molecule has 0 saturated heterocycles. The van der Waals surface area contributed by atoms with Crippen molar-refractivity contribution < 1.29 is 14.3 Å². The zero-order valence-electron chi connectivity index (χ0n) is 17.2. The summed E-state index contributed by atoms with van der Waals surface area (Å²) in [4.78, 5) is 33.5. The maximum absolute atomic E-state index is 13.4. The van der Waals surface area contributed by atoms with Crippen molar-refractivity contribution in [1.82, 2.24) is 9.88 Å². The highest BCUT2D eigenvalue weighted by molar-refractivity contribution is 8.04. The normalized spacial score (nSPS) is 13.8. The van der Waals surface area contributed by atoms with Gasteiger partial charge in [-0.25, -0.2) is 0 Å². The van der Waals surface area contributed by atoms with Crippen LogP contribution in [0.4, 0.5) is 0 Å². The maximum Gasteiger partial charge on any atom is 0.268 e. The molecule has 31 heavy (non-hydrogen) atoms. The molecule has 6 heteroatoms. The second-order valence-electron chi connectivity index (χ2n) is 7.01. The van der Waals surface area contributed by atoms with Crippen LogP contribution in [-0.2, 0) is 16.1 Å². The molecule has 0 unspecified atom stereocenters. The summed E-state index contributed by atoms with van der Waals surface area (Å²) in [6.45, 7) is 2.82. The van der Waals surface area contributed by atoms with Crippen molar-refractivity contribution in [1.29, 1.82) is 0 Å². The lowest BCUT2D eigenvalue weighted by Gasteiger charge is -2.14. The number of pyridine rings is 1. The third-order valence-electron chi connectivity index (χ3n) is 4.75. The minimum atomic E-state index is -0.309. The molecule has 0 saturated carbocycles. The van der Waals surface area contributed by atoms with Gasteiger partial charge in [-0.15, -0.1) is 0 Å². The van der Waals surface area contributed by atoms with Crippen LogP contribution >= 0.6 is 11.8 Å². The minimum absolute atomic E-state index is 0.137. The number of imide groups is 1. The maximum atomic E-state index is 13.4. The molecule has 1 aromatic heterocycles. The number of rotatable bonds is 8. The van der Waals surface area contributed by atoms with Crippen LogP contribution in [0.5, 0.6) is 5.75 Å². The Labute approximate surface area is 185 Å². The first kappa shape index (κ1) is 20.9. The predicted octanol–water partition coefficient (Wildman–Crippen LogP) is 4.94. The standard InChI is InChI=1S/C25H22N2O3S/c1-2-16-30-20-13-11-18(12-14-20)22-23(31-21-9-4-3-5-10-21)25(29)27(24(22)28)17-19-8-6-7-15-26-19/h3-15H,2,16-17H2,1H3. The number of thioether (sulfide) groups is 1. The van der Waals surface area contributed by atoms with Gasteiger partial charge in [0.1, 0.15) is 5.75 Å². The second-order valence-corrected chi connectivity index (χ2v) is 8.09. The first-order valence-electron chi connectivity index (χ1n) is 10.1. The quantitative estimate of drug-likeness (QED) is 0.474. The fourth-order valence-electron chi connectivity index (χ4n) is 3.24. The molecule has 156 valence electrons. The fourth-order valence-corrected chi connectivity index (χ4v) is 4.28. The zero-order chi connectivity index (χ0) is 21.6. The molecular formula is C25H22N2O3S. The lowest BCUT2D eigenvalue weighted by molar-refractivity contribution is -0.137. The fraction of sp³-hybridized carbons (Fsp3) is 0.160. The molecule has 0 bridgehead atoms. The molecule has 0 N–H and O–H groups in total. The van der Waals surface area contributed by atoms with E-state index in [4.69, 9.17) is 4.74 Å². The zero-order valence-corrected chi connectivity index (χ0v) is 18.0. The number of benzene rings is 2. The monoisotopic (exact) mass is 430 g/mol. The number of nitrogens with zero attached hydrogens (tertiary/aromatic N) is 2. The number of carbonyl (C=O) groups excluding carboxylic acids is 2. The van der Waals surface area contributed by atoms with Gasteiger partial charge >= 0.3 is 0 Å². The molecule has 1 aliphatic rings. The molecule has 0 fully saturated rings. The van der Waals surface area contributed by atoms with Gasteiger partial charge in [0.15, 0.2) is 0 Å². The van der Waals surface area contributed by atoms with E-state index in [9.17, 15) is 9.59 Å². The Kier molecular flexibility index (Phi) is 6.48. The number of ether oxygens (including phenoxy) is 1. The van der Waals surface area contributed by atoms with E-state index in [-0.39, 0.29) is 18.4 Å². The Hall–Kier alpha value is -3.38. The van der Waals surface area contributed by atoms with Gasteiger partial charge in [-0.1, -0.05) is 55.1 Å². The Morgan fingerprint density at radius 1 is 0.903 bits per heavy atom. The van der Waals surface area contributed by atoms with Crippen LogP contribution in [0.1, 0.15) is 24.6 Å².